The van der Waals surface area contributed by atoms with Gasteiger partial charge in [-0.15, -0.1) is 0 Å². The first-order chi connectivity index (χ1) is 37.0. The molecule has 17 heteroatoms. The Morgan fingerprint density at radius 3 is 1.26 bits per heavy atom. The molecule has 12 rings (SSSR count). The molecule has 16 nitrogen and oxygen atoms in total. The highest BCUT2D eigenvalue weighted by atomic mass is 35.5. The van der Waals surface area contributed by atoms with Gasteiger partial charge in [0.25, 0.3) is 16.7 Å². The zero-order valence-electron chi connectivity index (χ0n) is 41.9. The Hall–Kier alpha value is -9.54. The molecule has 0 saturated heterocycles. The van der Waals surface area contributed by atoms with E-state index in [1.807, 2.05) is 162 Å². The van der Waals surface area contributed by atoms with E-state index >= 15 is 0 Å². The summed E-state index contributed by atoms with van der Waals surface area (Å²) in [6.45, 7) is 5.35. The molecule has 0 aliphatic heterocycles. The number of halogens is 1. The quantitative estimate of drug-likeness (QED) is 0.112. The van der Waals surface area contributed by atoms with Gasteiger partial charge in [0.15, 0.2) is 0 Å². The van der Waals surface area contributed by atoms with Crippen LogP contribution in [0.2, 0.25) is 5.02 Å². The van der Waals surface area contributed by atoms with E-state index in [0.717, 1.165) is 66.7 Å². The van der Waals surface area contributed by atoms with Crippen LogP contribution in [-0.2, 0) is 6.42 Å². The number of aromatic amines is 3. The van der Waals surface area contributed by atoms with Crippen molar-refractivity contribution in [3.05, 3.63) is 276 Å². The minimum absolute atomic E-state index is 0.00639. The van der Waals surface area contributed by atoms with Gasteiger partial charge in [0.2, 0.25) is 0 Å². The normalized spacial score (nSPS) is 12.3. The van der Waals surface area contributed by atoms with Crippen LogP contribution in [-0.4, -0.2) is 65.7 Å². The lowest BCUT2D eigenvalue weighted by molar-refractivity contribution is 0.414. The van der Waals surface area contributed by atoms with Crippen LogP contribution in [0.5, 0.6) is 5.75 Å². The van der Waals surface area contributed by atoms with Gasteiger partial charge in [0, 0.05) is 42.2 Å². The Kier molecular flexibility index (Phi) is 14.7. The molecule has 6 heterocycles. The fourth-order valence-corrected chi connectivity index (χ4v) is 9.34. The second-order valence-corrected chi connectivity index (χ2v) is 18.4. The van der Waals surface area contributed by atoms with Gasteiger partial charge < -0.3 is 33.4 Å². The maximum Gasteiger partial charge on any atom is 0.270 e. The number of nitrogens with zero attached hydrogens (tertiary/aromatic N) is 9. The Morgan fingerprint density at radius 1 is 0.487 bits per heavy atom. The zero-order valence-corrected chi connectivity index (χ0v) is 42.6. The summed E-state index contributed by atoms with van der Waals surface area (Å²) < 4.78 is 11.4. The third-order valence-electron chi connectivity index (χ3n) is 13.0. The molecule has 0 bridgehead atoms. The minimum atomic E-state index is -0.163. The minimum Gasteiger partial charge on any atom is -0.497 e. The van der Waals surface area contributed by atoms with Gasteiger partial charge in [-0.1, -0.05) is 91.3 Å². The fraction of sp³-hybridized carbons (Fsp3) is 0.136. The number of methoxy groups -OCH3 is 1. The van der Waals surface area contributed by atoms with Crippen LogP contribution in [0.3, 0.4) is 0 Å². The lowest BCUT2D eigenvalue weighted by Crippen LogP contribution is -2.15. The van der Waals surface area contributed by atoms with Crippen LogP contribution in [0.25, 0.3) is 33.1 Å². The summed E-state index contributed by atoms with van der Waals surface area (Å²) in [5, 5.41) is 0.696. The Morgan fingerprint density at radius 2 is 0.868 bits per heavy atom. The van der Waals surface area contributed by atoms with Crippen LogP contribution in [0.4, 0.5) is 0 Å². The third-order valence-corrected chi connectivity index (χ3v) is 13.3. The monoisotopic (exact) mass is 1030 g/mol. The van der Waals surface area contributed by atoms with Crippen molar-refractivity contribution in [2.45, 2.75) is 45.3 Å². The average molecular weight is 1030 g/mol. The first-order valence-electron chi connectivity index (χ1n) is 24.4. The van der Waals surface area contributed by atoms with Crippen LogP contribution in [0.15, 0.2) is 204 Å². The predicted octanol–water partition coefficient (Wildman–Crippen LogP) is 10.1. The highest BCUT2D eigenvalue weighted by Crippen LogP contribution is 2.32. The summed E-state index contributed by atoms with van der Waals surface area (Å²) in [4.78, 5) is 70.1. The van der Waals surface area contributed by atoms with E-state index in [9.17, 15) is 14.4 Å². The van der Waals surface area contributed by atoms with Gasteiger partial charge in [-0.25, -0.2) is 29.9 Å². The molecule has 0 amide bonds. The molecule has 3 unspecified atom stereocenters. The van der Waals surface area contributed by atoms with Crippen molar-refractivity contribution in [1.29, 1.82) is 0 Å². The lowest BCUT2D eigenvalue weighted by Gasteiger charge is -2.20. The maximum atomic E-state index is 12.0. The summed E-state index contributed by atoms with van der Waals surface area (Å²) in [5.74, 6) is 0.812. The summed E-state index contributed by atoms with van der Waals surface area (Å²) in [7, 11) is 1.65. The van der Waals surface area contributed by atoms with Gasteiger partial charge >= 0.3 is 0 Å². The topological polar surface area (TPSA) is 200 Å². The summed E-state index contributed by atoms with van der Waals surface area (Å²) in [6.07, 6.45) is 17.1. The van der Waals surface area contributed by atoms with Crippen molar-refractivity contribution in [2.75, 3.05) is 7.11 Å². The summed E-state index contributed by atoms with van der Waals surface area (Å²) >= 11 is 6.03. The SMILES string of the molecule is CCc1nc2cc(C(c3ccccc3)n3ccnc3)ccc2[nH]c1=O.COc1ccc(C(c2ccc3[nH]c(=O)c(C)nc3c2)n2ccnc2)cc1.Cc1nc2cc(C(c3ccc(Cl)cc3)n3ccnc3)ccc2[nH]c1=O. The smallest absolute Gasteiger partial charge is 0.270 e. The van der Waals surface area contributed by atoms with Gasteiger partial charge in [0.1, 0.15) is 22.8 Å². The number of aryl methyl sites for hydroxylation is 3. The molecule has 6 aromatic heterocycles. The number of hydrogen-bond acceptors (Lipinski definition) is 10. The molecule has 0 fully saturated rings. The summed E-state index contributed by atoms with van der Waals surface area (Å²) in [6, 6.07) is 43.7. The van der Waals surface area contributed by atoms with Crippen LogP contribution >= 0.6 is 11.6 Å². The number of aromatic nitrogens is 12. The molecular weight excluding hydrogens is 976 g/mol. The van der Waals surface area contributed by atoms with Crippen molar-refractivity contribution in [2.24, 2.45) is 0 Å². The molecule has 0 aliphatic carbocycles. The summed E-state index contributed by atoms with van der Waals surface area (Å²) in [5.41, 5.74) is 12.1. The van der Waals surface area contributed by atoms with Crippen LogP contribution in [0.1, 0.15) is 75.5 Å². The molecule has 3 N–H and O–H groups in total. The van der Waals surface area contributed by atoms with Crippen molar-refractivity contribution in [3.8, 4) is 5.75 Å². The van der Waals surface area contributed by atoms with E-state index in [1.54, 1.807) is 52.2 Å². The maximum absolute atomic E-state index is 12.0. The Balaban J connectivity index is 0.000000130. The molecular formula is C59H51ClN12O4. The van der Waals surface area contributed by atoms with Crippen LogP contribution in [0, 0.1) is 13.8 Å². The third kappa shape index (κ3) is 10.9. The van der Waals surface area contributed by atoms with E-state index < -0.39 is 0 Å². The lowest BCUT2D eigenvalue weighted by atomic mass is 9.97. The number of rotatable bonds is 11. The number of H-pyrrole nitrogens is 3. The standard InChI is InChI=1S/C20H18N4O2.C20H18N4O.C19H15ClN4O/c1-13-20(25)23-17-8-5-15(11-18(17)22-13)19(24-10-9-21-12-24)14-3-6-16(26-2)7-4-14;1-2-16-20(25)23-17-9-8-15(12-18(17)22-16)19(24-11-10-21-13-24)14-6-4-3-5-7-14;1-12-19(25)23-16-7-4-14(10-17(16)22-12)18(24-9-8-21-11-24)13-2-5-15(20)6-3-13/h3-12,19H,1-2H3,(H,23,25);3-13,19H,2H2,1H3,(H,23,25);2-11,18H,1H3,(H,23,25). The second-order valence-electron chi connectivity index (χ2n) is 18.0. The number of ether oxygens (including phenoxy) is 1. The van der Waals surface area contributed by atoms with E-state index in [0.29, 0.717) is 28.5 Å². The van der Waals surface area contributed by atoms with E-state index in [4.69, 9.17) is 16.3 Å². The van der Waals surface area contributed by atoms with Gasteiger partial charge in [-0.05, 0) is 114 Å². The molecule has 12 aromatic rings. The van der Waals surface area contributed by atoms with Gasteiger partial charge in [-0.2, -0.15) is 0 Å². The molecule has 0 spiro atoms. The molecule has 0 radical (unpaired) electrons. The van der Waals surface area contributed by atoms with Crippen molar-refractivity contribution >= 4 is 44.7 Å². The number of hydrogen-bond donors (Lipinski definition) is 3. The molecule has 6 aromatic carbocycles. The average Bonchev–Trinajstić information content (AvgIpc) is 4.30. The molecule has 76 heavy (non-hydrogen) atoms. The highest BCUT2D eigenvalue weighted by molar-refractivity contribution is 6.30. The van der Waals surface area contributed by atoms with Crippen LogP contribution < -0.4 is 21.4 Å². The first-order valence-corrected chi connectivity index (χ1v) is 24.8. The number of nitrogens with one attached hydrogen (secondary N) is 3. The first kappa shape index (κ1) is 50.0. The van der Waals surface area contributed by atoms with Gasteiger partial charge in [0.05, 0.1) is 77.3 Å². The van der Waals surface area contributed by atoms with E-state index in [1.165, 1.54) is 5.56 Å². The Labute approximate surface area is 440 Å². The van der Waals surface area contributed by atoms with Crippen molar-refractivity contribution < 1.29 is 4.74 Å². The predicted molar refractivity (Wildman–Crippen MR) is 295 cm³/mol. The second kappa shape index (κ2) is 22.3. The number of benzene rings is 6. The zero-order chi connectivity index (χ0) is 52.7. The molecule has 0 aliphatic rings. The highest BCUT2D eigenvalue weighted by Gasteiger charge is 2.20. The van der Waals surface area contributed by atoms with Crippen molar-refractivity contribution in [1.82, 2.24) is 58.6 Å². The number of imidazole rings is 3. The Bertz CT molecular complexity index is 4090. The molecule has 0 saturated carbocycles. The number of fused-ring (bicyclic) bond motifs is 3. The van der Waals surface area contributed by atoms with E-state index in [-0.39, 0.29) is 34.8 Å². The van der Waals surface area contributed by atoms with E-state index in [2.05, 4.69) is 61.6 Å². The molecule has 3 atom stereocenters. The van der Waals surface area contributed by atoms with Gasteiger partial charge in [-0.3, -0.25) is 14.4 Å². The molecule has 378 valence electrons. The fourth-order valence-electron chi connectivity index (χ4n) is 9.21. The van der Waals surface area contributed by atoms with Crippen molar-refractivity contribution in [3.63, 3.8) is 0 Å². The largest absolute Gasteiger partial charge is 0.497 e.